The summed E-state index contributed by atoms with van der Waals surface area (Å²) in [5.41, 5.74) is 4.13. The lowest BCUT2D eigenvalue weighted by Gasteiger charge is -2.14. The van der Waals surface area contributed by atoms with Crippen molar-refractivity contribution in [1.82, 2.24) is 5.43 Å². The third kappa shape index (κ3) is 7.29. The largest absolute Gasteiger partial charge is 0.493 e. The smallest absolute Gasteiger partial charge is 0.280 e. The van der Waals surface area contributed by atoms with Crippen LogP contribution in [0.4, 0.5) is 0 Å². The minimum Gasteiger partial charge on any atom is -0.493 e. The molecule has 0 fully saturated rings. The topological polar surface area (TPSA) is 69.2 Å². The van der Waals surface area contributed by atoms with Gasteiger partial charge in [0.05, 0.1) is 18.3 Å². The number of rotatable bonds is 9. The summed E-state index contributed by atoms with van der Waals surface area (Å²) >= 11 is 17.8. The van der Waals surface area contributed by atoms with Gasteiger partial charge in [-0.2, -0.15) is 5.10 Å². The number of methoxy groups -OCH3 is 1. The number of hydrazone groups is 1. The van der Waals surface area contributed by atoms with Crippen molar-refractivity contribution in [2.45, 2.75) is 19.6 Å². The highest BCUT2D eigenvalue weighted by atomic mass is 35.5. The minimum absolute atomic E-state index is 0.316. The van der Waals surface area contributed by atoms with Crippen LogP contribution in [0.25, 0.3) is 0 Å². The lowest BCUT2D eigenvalue weighted by atomic mass is 10.2. The molecule has 0 radical (unpaired) electrons. The Balaban J connectivity index is 1.56. The number of carbonyl (C=O) groups is 1. The predicted octanol–water partition coefficient (Wildman–Crippen LogP) is 6.15. The summed E-state index contributed by atoms with van der Waals surface area (Å²) in [7, 11) is 1.55. The summed E-state index contributed by atoms with van der Waals surface area (Å²) in [6.07, 6.45) is 0.671. The van der Waals surface area contributed by atoms with Crippen LogP contribution >= 0.6 is 34.8 Å². The Labute approximate surface area is 207 Å². The average molecular weight is 508 g/mol. The molecule has 3 rings (SSSR count). The van der Waals surface area contributed by atoms with Crippen molar-refractivity contribution in [1.29, 1.82) is 0 Å². The Bertz CT molecular complexity index is 1140. The first kappa shape index (κ1) is 24.7. The first-order valence-electron chi connectivity index (χ1n) is 9.85. The number of nitrogens with one attached hydrogen (secondary N) is 1. The van der Waals surface area contributed by atoms with Gasteiger partial charge in [0, 0.05) is 10.0 Å². The molecule has 0 heterocycles. The van der Waals surface area contributed by atoms with Crippen molar-refractivity contribution in [3.63, 3.8) is 0 Å². The second-order valence-electron chi connectivity index (χ2n) is 6.89. The summed E-state index contributed by atoms with van der Waals surface area (Å²) in [4.78, 5) is 12.3. The molecule has 0 bridgehead atoms. The number of hydrogen-bond donors (Lipinski definition) is 1. The Morgan fingerprint density at radius 1 is 0.970 bits per heavy atom. The fourth-order valence-corrected chi connectivity index (χ4v) is 3.28. The predicted molar refractivity (Wildman–Crippen MR) is 131 cm³/mol. The molecule has 6 nitrogen and oxygen atoms in total. The average Bonchev–Trinajstić information content (AvgIpc) is 2.80. The number of nitrogens with zero attached hydrogens (tertiary/aromatic N) is 1. The van der Waals surface area contributed by atoms with Crippen LogP contribution in [0.15, 0.2) is 65.8 Å². The number of carbonyl (C=O) groups excluding carboxylic acids is 1. The molecule has 3 aromatic rings. The maximum atomic E-state index is 12.3. The van der Waals surface area contributed by atoms with Crippen molar-refractivity contribution in [3.8, 4) is 17.2 Å². The van der Waals surface area contributed by atoms with Crippen molar-refractivity contribution < 1.29 is 19.0 Å². The Kier molecular flexibility index (Phi) is 8.83. The third-order valence-corrected chi connectivity index (χ3v) is 5.23. The second-order valence-corrected chi connectivity index (χ2v) is 8.17. The van der Waals surface area contributed by atoms with Gasteiger partial charge in [-0.1, -0.05) is 46.9 Å². The molecule has 0 spiro atoms. The molecule has 1 atom stereocenters. The zero-order chi connectivity index (χ0) is 23.8. The molecule has 172 valence electrons. The van der Waals surface area contributed by atoms with E-state index in [0.717, 1.165) is 5.56 Å². The van der Waals surface area contributed by atoms with Crippen LogP contribution < -0.4 is 19.6 Å². The standard InChI is InChI=1S/C24H21Cl3N2O4/c1-15(33-21-10-8-19(26)12-20(21)27)24(30)29-28-13-17-5-9-22(23(11-17)31-2)32-14-16-3-6-18(25)7-4-16/h3-13,15H,14H2,1-2H3,(H,29,30)/b28-13-/t15-/m1/s1. The molecule has 3 aromatic carbocycles. The Morgan fingerprint density at radius 3 is 2.36 bits per heavy atom. The first-order chi connectivity index (χ1) is 15.9. The molecule has 9 heteroatoms. The van der Waals surface area contributed by atoms with E-state index in [2.05, 4.69) is 10.5 Å². The molecule has 0 saturated carbocycles. The van der Waals surface area contributed by atoms with Gasteiger partial charge in [0.15, 0.2) is 17.6 Å². The van der Waals surface area contributed by atoms with E-state index in [1.165, 1.54) is 12.3 Å². The van der Waals surface area contributed by atoms with Gasteiger partial charge in [0.2, 0.25) is 0 Å². The molecular weight excluding hydrogens is 487 g/mol. The Hall–Kier alpha value is -2.93. The summed E-state index contributed by atoms with van der Waals surface area (Å²) in [5, 5.41) is 5.44. The van der Waals surface area contributed by atoms with Crippen molar-refractivity contribution >= 4 is 46.9 Å². The maximum absolute atomic E-state index is 12.3. The van der Waals surface area contributed by atoms with Crippen molar-refractivity contribution in [3.05, 3.63) is 86.9 Å². The molecule has 0 aliphatic rings. The molecule has 1 amide bonds. The van der Waals surface area contributed by atoms with E-state index in [0.29, 0.717) is 44.5 Å². The molecule has 0 unspecified atom stereocenters. The third-order valence-electron chi connectivity index (χ3n) is 4.45. The van der Waals surface area contributed by atoms with Crippen LogP contribution in [0, 0.1) is 0 Å². The van der Waals surface area contributed by atoms with Gasteiger partial charge in [-0.25, -0.2) is 5.43 Å². The van der Waals surface area contributed by atoms with E-state index in [1.807, 2.05) is 12.1 Å². The van der Waals surface area contributed by atoms with Crippen molar-refractivity contribution in [2.75, 3.05) is 7.11 Å². The number of hydrogen-bond acceptors (Lipinski definition) is 5. The molecule has 0 aliphatic heterocycles. The van der Waals surface area contributed by atoms with Gasteiger partial charge in [-0.05, 0) is 66.6 Å². The van der Waals surface area contributed by atoms with Gasteiger partial charge in [0.25, 0.3) is 5.91 Å². The van der Waals surface area contributed by atoms with E-state index in [1.54, 1.807) is 56.5 Å². The van der Waals surface area contributed by atoms with Gasteiger partial charge in [-0.3, -0.25) is 4.79 Å². The molecule has 33 heavy (non-hydrogen) atoms. The number of benzene rings is 3. The summed E-state index contributed by atoms with van der Waals surface area (Å²) in [5.74, 6) is 1.03. The normalized spacial score (nSPS) is 11.8. The SMILES string of the molecule is COc1cc(/C=N\NC(=O)[C@@H](C)Oc2ccc(Cl)cc2Cl)ccc1OCc1ccc(Cl)cc1. The van der Waals surface area contributed by atoms with Crippen LogP contribution in [0.3, 0.4) is 0 Å². The number of ether oxygens (including phenoxy) is 3. The highest BCUT2D eigenvalue weighted by Crippen LogP contribution is 2.29. The van der Waals surface area contributed by atoms with Crippen LogP contribution in [-0.2, 0) is 11.4 Å². The van der Waals surface area contributed by atoms with E-state index in [-0.39, 0.29) is 0 Å². The van der Waals surface area contributed by atoms with Gasteiger partial charge >= 0.3 is 0 Å². The summed E-state index contributed by atoms with van der Waals surface area (Å²) < 4.78 is 16.8. The second kappa shape index (κ2) is 11.8. The summed E-state index contributed by atoms with van der Waals surface area (Å²) in [6.45, 7) is 1.96. The summed E-state index contributed by atoms with van der Waals surface area (Å²) in [6, 6.07) is 17.5. The van der Waals surface area contributed by atoms with E-state index in [4.69, 9.17) is 49.0 Å². The number of amides is 1. The highest BCUT2D eigenvalue weighted by Gasteiger charge is 2.15. The highest BCUT2D eigenvalue weighted by molar-refractivity contribution is 6.35. The van der Waals surface area contributed by atoms with Crippen LogP contribution in [0.1, 0.15) is 18.1 Å². The van der Waals surface area contributed by atoms with E-state index in [9.17, 15) is 4.79 Å². The van der Waals surface area contributed by atoms with Gasteiger partial charge < -0.3 is 14.2 Å². The van der Waals surface area contributed by atoms with Gasteiger partial charge in [-0.15, -0.1) is 0 Å². The maximum Gasteiger partial charge on any atom is 0.280 e. The molecule has 0 aliphatic carbocycles. The quantitative estimate of drug-likeness (QED) is 0.278. The zero-order valence-corrected chi connectivity index (χ0v) is 20.1. The monoisotopic (exact) mass is 506 g/mol. The van der Waals surface area contributed by atoms with E-state index < -0.39 is 12.0 Å². The number of halogens is 3. The van der Waals surface area contributed by atoms with Gasteiger partial charge in [0.1, 0.15) is 12.4 Å². The minimum atomic E-state index is -0.820. The lowest BCUT2D eigenvalue weighted by Crippen LogP contribution is -2.33. The fourth-order valence-electron chi connectivity index (χ4n) is 2.70. The Morgan fingerprint density at radius 2 is 1.67 bits per heavy atom. The molecule has 1 N–H and O–H groups in total. The first-order valence-corrected chi connectivity index (χ1v) is 11.0. The molecule has 0 aromatic heterocycles. The lowest BCUT2D eigenvalue weighted by molar-refractivity contribution is -0.127. The van der Waals surface area contributed by atoms with Crippen molar-refractivity contribution in [2.24, 2.45) is 5.10 Å². The molecule has 0 saturated heterocycles. The molecular formula is C24H21Cl3N2O4. The van der Waals surface area contributed by atoms with Crippen LogP contribution in [0.2, 0.25) is 15.1 Å². The fraction of sp³-hybridized carbons (Fsp3) is 0.167. The zero-order valence-electron chi connectivity index (χ0n) is 17.8. The van der Waals surface area contributed by atoms with E-state index >= 15 is 0 Å². The van der Waals surface area contributed by atoms with Crippen LogP contribution in [-0.4, -0.2) is 25.3 Å². The van der Waals surface area contributed by atoms with Crippen LogP contribution in [0.5, 0.6) is 17.2 Å².